The molecule has 0 heterocycles. The van der Waals surface area contributed by atoms with E-state index in [0.717, 1.165) is 11.5 Å². The highest BCUT2D eigenvalue weighted by Crippen LogP contribution is 2.17. The van der Waals surface area contributed by atoms with Crippen LogP contribution in [0.2, 0.25) is 0 Å². The Balaban J connectivity index is 1.67. The molecule has 0 radical (unpaired) electrons. The molecule has 2 aromatic rings. The predicted molar refractivity (Wildman–Crippen MR) is 98.6 cm³/mol. The maximum Gasteiger partial charge on any atom is 0.137 e. The summed E-state index contributed by atoms with van der Waals surface area (Å²) in [5.74, 6) is 2.02. The molecule has 2 rings (SSSR count). The first-order valence-electron chi connectivity index (χ1n) is 8.42. The minimum absolute atomic E-state index is 0.0538. The summed E-state index contributed by atoms with van der Waals surface area (Å²) in [4.78, 5) is 0. The monoisotopic (exact) mass is 356 g/mol. The highest BCUT2D eigenvalue weighted by Gasteiger charge is 2.10. The van der Waals surface area contributed by atoms with Crippen molar-refractivity contribution in [3.05, 3.63) is 54.1 Å². The number of nitrogens with zero attached hydrogens (tertiary/aromatic N) is 1. The lowest BCUT2D eigenvalue weighted by molar-refractivity contribution is 0.101. The van der Waals surface area contributed by atoms with Gasteiger partial charge in [-0.25, -0.2) is 0 Å². The van der Waals surface area contributed by atoms with Gasteiger partial charge in [0.1, 0.15) is 42.6 Å². The third-order valence-electron chi connectivity index (χ3n) is 3.70. The Morgan fingerprint density at radius 2 is 1.73 bits per heavy atom. The number of nitrogens with one attached hydrogen (secondary N) is 1. The van der Waals surface area contributed by atoms with Crippen LogP contribution < -0.4 is 19.5 Å². The molecule has 138 valence electrons. The summed E-state index contributed by atoms with van der Waals surface area (Å²) in [5, 5.41) is 22.3. The van der Waals surface area contributed by atoms with Gasteiger partial charge in [0, 0.05) is 12.6 Å². The van der Waals surface area contributed by atoms with Gasteiger partial charge in [0.15, 0.2) is 0 Å². The van der Waals surface area contributed by atoms with Gasteiger partial charge in [0.25, 0.3) is 0 Å². The molecule has 2 aromatic carbocycles. The van der Waals surface area contributed by atoms with Crippen LogP contribution in [-0.4, -0.2) is 44.1 Å². The van der Waals surface area contributed by atoms with Crippen molar-refractivity contribution in [1.29, 1.82) is 5.26 Å². The number of hydrogen-bond acceptors (Lipinski definition) is 6. The number of nitriles is 1. The Hall–Kier alpha value is -2.75. The normalized spacial score (nSPS) is 12.7. The molecule has 26 heavy (non-hydrogen) atoms. The van der Waals surface area contributed by atoms with E-state index in [1.54, 1.807) is 31.4 Å². The molecule has 6 nitrogen and oxygen atoms in total. The van der Waals surface area contributed by atoms with Gasteiger partial charge in [-0.05, 0) is 43.3 Å². The van der Waals surface area contributed by atoms with E-state index >= 15 is 0 Å². The molecule has 2 atom stereocenters. The fraction of sp³-hybridized carbons (Fsp3) is 0.350. The first-order chi connectivity index (χ1) is 12.6. The Labute approximate surface area is 153 Å². The van der Waals surface area contributed by atoms with Crippen molar-refractivity contribution in [3.63, 3.8) is 0 Å². The van der Waals surface area contributed by atoms with Crippen LogP contribution in [0.5, 0.6) is 17.2 Å². The summed E-state index contributed by atoms with van der Waals surface area (Å²) in [6.07, 6.45) is -0.690. The molecule has 2 N–H and O–H groups in total. The van der Waals surface area contributed by atoms with Crippen LogP contribution in [0.1, 0.15) is 12.5 Å². The van der Waals surface area contributed by atoms with Gasteiger partial charge in [0.2, 0.25) is 0 Å². The molecule has 0 amide bonds. The summed E-state index contributed by atoms with van der Waals surface area (Å²) in [6, 6.07) is 16.4. The number of ether oxygens (including phenoxy) is 3. The molecule has 0 saturated heterocycles. The van der Waals surface area contributed by atoms with E-state index in [-0.39, 0.29) is 12.6 Å². The van der Waals surface area contributed by atoms with Crippen LogP contribution in [0.4, 0.5) is 0 Å². The van der Waals surface area contributed by atoms with Crippen LogP contribution in [-0.2, 0) is 0 Å². The van der Waals surface area contributed by atoms with Crippen LogP contribution >= 0.6 is 0 Å². The molecule has 0 aromatic heterocycles. The van der Waals surface area contributed by atoms with E-state index in [9.17, 15) is 5.11 Å². The highest BCUT2D eigenvalue weighted by molar-refractivity contribution is 5.42. The van der Waals surface area contributed by atoms with E-state index in [4.69, 9.17) is 19.5 Å². The number of methoxy groups -OCH3 is 1. The second-order valence-electron chi connectivity index (χ2n) is 5.87. The Morgan fingerprint density at radius 1 is 1.04 bits per heavy atom. The molecule has 6 heteroatoms. The van der Waals surface area contributed by atoms with Crippen LogP contribution in [0.3, 0.4) is 0 Å². The number of aliphatic hydroxyl groups excluding tert-OH is 1. The molecule has 0 aliphatic carbocycles. The van der Waals surface area contributed by atoms with Crippen molar-refractivity contribution < 1.29 is 19.3 Å². The lowest BCUT2D eigenvalue weighted by Gasteiger charge is -2.18. The molecule has 0 aliphatic rings. The smallest absolute Gasteiger partial charge is 0.137 e. The summed E-state index contributed by atoms with van der Waals surface area (Å²) in [7, 11) is 1.62. The van der Waals surface area contributed by atoms with Crippen molar-refractivity contribution in [1.82, 2.24) is 5.32 Å². The van der Waals surface area contributed by atoms with Crippen molar-refractivity contribution in [3.8, 4) is 23.3 Å². The number of benzene rings is 2. The van der Waals surface area contributed by atoms with Gasteiger partial charge in [-0.1, -0.05) is 12.1 Å². The van der Waals surface area contributed by atoms with Gasteiger partial charge in [-0.3, -0.25) is 0 Å². The standard InChI is InChI=1S/C20H24N2O4/c1-15(13-25-19-9-7-18(24-2)8-10-19)22-12-17(23)14-26-20-6-4-3-5-16(20)11-21/h3-10,15,17,22-23H,12-14H2,1-2H3. The van der Waals surface area contributed by atoms with E-state index in [0.29, 0.717) is 24.5 Å². The quantitative estimate of drug-likeness (QED) is 0.680. The summed E-state index contributed by atoms with van der Waals surface area (Å²) in [6.45, 7) is 2.92. The molecule has 0 bridgehead atoms. The van der Waals surface area contributed by atoms with Crippen molar-refractivity contribution >= 4 is 0 Å². The van der Waals surface area contributed by atoms with Gasteiger partial charge in [0.05, 0.1) is 12.7 Å². The summed E-state index contributed by atoms with van der Waals surface area (Å²) in [5.41, 5.74) is 0.453. The first kappa shape index (κ1) is 19.6. The molecule has 2 unspecified atom stereocenters. The first-order valence-corrected chi connectivity index (χ1v) is 8.42. The highest BCUT2D eigenvalue weighted by atomic mass is 16.5. The fourth-order valence-corrected chi connectivity index (χ4v) is 2.22. The van der Waals surface area contributed by atoms with Crippen molar-refractivity contribution in [2.45, 2.75) is 19.1 Å². The van der Waals surface area contributed by atoms with Gasteiger partial charge >= 0.3 is 0 Å². The molecule has 0 spiro atoms. The molecule has 0 aliphatic heterocycles. The van der Waals surface area contributed by atoms with Gasteiger partial charge < -0.3 is 24.6 Å². The maximum atomic E-state index is 10.0. The van der Waals surface area contributed by atoms with Gasteiger partial charge in [-0.2, -0.15) is 5.26 Å². The maximum absolute atomic E-state index is 10.0. The van der Waals surface area contributed by atoms with Crippen LogP contribution in [0.15, 0.2) is 48.5 Å². The second-order valence-corrected chi connectivity index (χ2v) is 5.87. The van der Waals surface area contributed by atoms with Crippen LogP contribution in [0, 0.1) is 11.3 Å². The fourth-order valence-electron chi connectivity index (χ4n) is 2.22. The van der Waals surface area contributed by atoms with E-state index in [1.807, 2.05) is 31.2 Å². The predicted octanol–water partition coefficient (Wildman–Crippen LogP) is 2.36. The SMILES string of the molecule is COc1ccc(OCC(C)NCC(O)COc2ccccc2C#N)cc1. The third-order valence-corrected chi connectivity index (χ3v) is 3.70. The Bertz CT molecular complexity index is 712. The Morgan fingerprint density at radius 3 is 2.42 bits per heavy atom. The largest absolute Gasteiger partial charge is 0.497 e. The second kappa shape index (κ2) is 10.3. The average molecular weight is 356 g/mol. The lowest BCUT2D eigenvalue weighted by Crippen LogP contribution is -2.39. The summed E-state index contributed by atoms with van der Waals surface area (Å²) >= 11 is 0. The van der Waals surface area contributed by atoms with Crippen LogP contribution in [0.25, 0.3) is 0 Å². The minimum atomic E-state index is -0.690. The number of aliphatic hydroxyl groups is 1. The number of rotatable bonds is 10. The van der Waals surface area contributed by atoms with E-state index < -0.39 is 6.10 Å². The zero-order chi connectivity index (χ0) is 18.8. The van der Waals surface area contributed by atoms with Crippen molar-refractivity contribution in [2.24, 2.45) is 0 Å². The summed E-state index contributed by atoms with van der Waals surface area (Å²) < 4.78 is 16.3. The Kier molecular flexibility index (Phi) is 7.75. The molecular weight excluding hydrogens is 332 g/mol. The zero-order valence-electron chi connectivity index (χ0n) is 15.0. The van der Waals surface area contributed by atoms with E-state index in [2.05, 4.69) is 11.4 Å². The third kappa shape index (κ3) is 6.28. The number of para-hydroxylation sites is 1. The van der Waals surface area contributed by atoms with Crippen molar-refractivity contribution in [2.75, 3.05) is 26.9 Å². The van der Waals surface area contributed by atoms with E-state index in [1.165, 1.54) is 0 Å². The lowest BCUT2D eigenvalue weighted by atomic mass is 10.2. The van der Waals surface area contributed by atoms with Gasteiger partial charge in [-0.15, -0.1) is 0 Å². The number of hydrogen-bond donors (Lipinski definition) is 2. The molecule has 0 saturated carbocycles. The average Bonchev–Trinajstić information content (AvgIpc) is 2.69. The zero-order valence-corrected chi connectivity index (χ0v) is 15.0. The molecular formula is C20H24N2O4. The minimum Gasteiger partial charge on any atom is -0.497 e. The molecule has 0 fully saturated rings. The topological polar surface area (TPSA) is 83.7 Å².